The summed E-state index contributed by atoms with van der Waals surface area (Å²) in [5.41, 5.74) is -0.561. The van der Waals surface area contributed by atoms with E-state index in [4.69, 9.17) is 5.11 Å². The zero-order valence-electron chi connectivity index (χ0n) is 9.85. The number of benzene rings is 1. The third-order valence-electron chi connectivity index (χ3n) is 2.25. The molecule has 0 saturated carbocycles. The second-order valence-corrected chi connectivity index (χ2v) is 4.01. The number of aliphatic carboxylic acids is 1. The third kappa shape index (κ3) is 5.08. The number of alkyl halides is 3. The lowest BCUT2D eigenvalue weighted by atomic mass is 10.2. The van der Waals surface area contributed by atoms with Crippen molar-refractivity contribution in [2.45, 2.75) is 12.7 Å². The molecule has 0 unspecified atom stereocenters. The fourth-order valence-electron chi connectivity index (χ4n) is 1.54. The molecule has 0 heterocycles. The molecule has 0 amide bonds. The number of carboxylic acid groups (broad SMARTS) is 1. The van der Waals surface area contributed by atoms with Crippen LogP contribution in [0.5, 0.6) is 0 Å². The van der Waals surface area contributed by atoms with Gasteiger partial charge in [-0.2, -0.15) is 13.2 Å². The molecule has 3 nitrogen and oxygen atoms in total. The monoisotopic (exact) mass is 301 g/mol. The predicted octanol–water partition coefficient (Wildman–Crippen LogP) is 2.55. The number of hydrogen-bond donors (Lipinski definition) is 1. The highest BCUT2D eigenvalue weighted by molar-refractivity contribution is 5.69. The van der Waals surface area contributed by atoms with Crippen molar-refractivity contribution in [3.8, 4) is 0 Å². The van der Waals surface area contributed by atoms with E-state index in [-0.39, 0.29) is 6.07 Å². The van der Waals surface area contributed by atoms with E-state index in [9.17, 15) is 31.1 Å². The zero-order chi connectivity index (χ0) is 15.5. The minimum Gasteiger partial charge on any atom is -0.480 e. The van der Waals surface area contributed by atoms with Crippen molar-refractivity contribution in [2.75, 3.05) is 13.1 Å². The van der Waals surface area contributed by atoms with E-state index >= 15 is 0 Å². The number of carboxylic acids is 1. The second kappa shape index (κ2) is 6.12. The summed E-state index contributed by atoms with van der Waals surface area (Å²) >= 11 is 0. The largest absolute Gasteiger partial charge is 0.480 e. The lowest BCUT2D eigenvalue weighted by molar-refractivity contribution is -0.155. The van der Waals surface area contributed by atoms with Gasteiger partial charge >= 0.3 is 12.1 Å². The summed E-state index contributed by atoms with van der Waals surface area (Å²) in [4.78, 5) is 10.8. The predicted molar refractivity (Wildman–Crippen MR) is 55.3 cm³/mol. The van der Waals surface area contributed by atoms with Gasteiger partial charge in [-0.05, 0) is 6.07 Å². The molecule has 0 aromatic heterocycles. The Balaban J connectivity index is 2.94. The number of rotatable bonds is 5. The molecule has 112 valence electrons. The van der Waals surface area contributed by atoms with Crippen molar-refractivity contribution in [1.82, 2.24) is 4.90 Å². The molecular formula is C11H9F6NO2. The molecule has 1 N–H and O–H groups in total. The highest BCUT2D eigenvalue weighted by atomic mass is 19.4. The minimum atomic E-state index is -4.70. The van der Waals surface area contributed by atoms with E-state index in [0.717, 1.165) is 0 Å². The Hall–Kier alpha value is -1.77. The van der Waals surface area contributed by atoms with Crippen LogP contribution in [0, 0.1) is 17.5 Å². The SMILES string of the molecule is O=C(O)CN(Cc1cc(F)c(F)cc1F)CC(F)(F)F. The molecule has 20 heavy (non-hydrogen) atoms. The van der Waals surface area contributed by atoms with Gasteiger partial charge in [-0.25, -0.2) is 13.2 Å². The van der Waals surface area contributed by atoms with Gasteiger partial charge in [-0.15, -0.1) is 0 Å². The van der Waals surface area contributed by atoms with Crippen molar-refractivity contribution in [1.29, 1.82) is 0 Å². The standard InChI is InChI=1S/C11H9F6NO2/c12-7-2-9(14)8(13)1-6(7)3-18(4-10(19)20)5-11(15,16)17/h1-2H,3-5H2,(H,19,20). The maximum Gasteiger partial charge on any atom is 0.401 e. The van der Waals surface area contributed by atoms with Gasteiger partial charge in [0.05, 0.1) is 13.1 Å². The molecule has 0 fully saturated rings. The fraction of sp³-hybridized carbons (Fsp3) is 0.364. The van der Waals surface area contributed by atoms with Crippen molar-refractivity contribution in [3.05, 3.63) is 35.1 Å². The van der Waals surface area contributed by atoms with Crippen molar-refractivity contribution in [3.63, 3.8) is 0 Å². The van der Waals surface area contributed by atoms with Crippen LogP contribution in [0.1, 0.15) is 5.56 Å². The number of carbonyl (C=O) groups is 1. The Morgan fingerprint density at radius 2 is 1.65 bits per heavy atom. The highest BCUT2D eigenvalue weighted by Gasteiger charge is 2.32. The summed E-state index contributed by atoms with van der Waals surface area (Å²) in [7, 11) is 0. The van der Waals surface area contributed by atoms with Crippen LogP contribution in [0.3, 0.4) is 0 Å². The van der Waals surface area contributed by atoms with E-state index < -0.39 is 54.8 Å². The van der Waals surface area contributed by atoms with Crippen LogP contribution < -0.4 is 0 Å². The summed E-state index contributed by atoms with van der Waals surface area (Å²) in [6.45, 7) is -3.44. The molecule has 9 heteroatoms. The Kier molecular flexibility index (Phi) is 4.98. The first kappa shape index (κ1) is 16.3. The molecule has 0 bridgehead atoms. The van der Waals surface area contributed by atoms with Crippen LogP contribution in [0.4, 0.5) is 26.3 Å². The molecule has 1 aromatic rings. The molecule has 0 aliphatic heterocycles. The van der Waals surface area contributed by atoms with Crippen molar-refractivity contribution in [2.24, 2.45) is 0 Å². The second-order valence-electron chi connectivity index (χ2n) is 4.01. The molecule has 0 aliphatic carbocycles. The van der Waals surface area contributed by atoms with E-state index in [1.807, 2.05) is 0 Å². The van der Waals surface area contributed by atoms with Gasteiger partial charge in [0, 0.05) is 18.2 Å². The Morgan fingerprint density at radius 3 is 2.15 bits per heavy atom. The smallest absolute Gasteiger partial charge is 0.401 e. The maximum absolute atomic E-state index is 13.3. The molecule has 0 saturated heterocycles. The van der Waals surface area contributed by atoms with Crippen LogP contribution in [0.2, 0.25) is 0 Å². The molecule has 1 rings (SSSR count). The lowest BCUT2D eigenvalue weighted by Crippen LogP contribution is -2.37. The van der Waals surface area contributed by atoms with Crippen LogP contribution >= 0.6 is 0 Å². The first-order valence-electron chi connectivity index (χ1n) is 5.23. The Morgan fingerprint density at radius 1 is 1.10 bits per heavy atom. The summed E-state index contributed by atoms with van der Waals surface area (Å²) in [5.74, 6) is -5.71. The van der Waals surface area contributed by atoms with E-state index in [0.29, 0.717) is 11.0 Å². The minimum absolute atomic E-state index is 0.192. The maximum atomic E-state index is 13.3. The average molecular weight is 301 g/mol. The van der Waals surface area contributed by atoms with Crippen LogP contribution in [-0.2, 0) is 11.3 Å². The van der Waals surface area contributed by atoms with Gasteiger partial charge in [-0.3, -0.25) is 9.69 Å². The first-order valence-corrected chi connectivity index (χ1v) is 5.23. The summed E-state index contributed by atoms with van der Waals surface area (Å²) in [6, 6.07) is 0.590. The number of hydrogen-bond acceptors (Lipinski definition) is 2. The summed E-state index contributed by atoms with van der Waals surface area (Å²) in [5, 5.41) is 8.49. The van der Waals surface area contributed by atoms with E-state index in [1.54, 1.807) is 0 Å². The van der Waals surface area contributed by atoms with Crippen molar-refractivity contribution < 1.29 is 36.2 Å². The van der Waals surface area contributed by atoms with E-state index in [2.05, 4.69) is 0 Å². The first-order chi connectivity index (χ1) is 9.08. The molecule has 0 radical (unpaired) electrons. The molecular weight excluding hydrogens is 292 g/mol. The quantitative estimate of drug-likeness (QED) is 0.671. The van der Waals surface area contributed by atoms with Gasteiger partial charge in [0.25, 0.3) is 0 Å². The molecule has 1 aromatic carbocycles. The van der Waals surface area contributed by atoms with Gasteiger partial charge < -0.3 is 5.11 Å². The van der Waals surface area contributed by atoms with Gasteiger partial charge in [0.1, 0.15) is 5.82 Å². The molecule has 0 atom stereocenters. The van der Waals surface area contributed by atoms with Crippen LogP contribution in [0.15, 0.2) is 12.1 Å². The van der Waals surface area contributed by atoms with Crippen LogP contribution in [-0.4, -0.2) is 35.2 Å². The number of nitrogens with zero attached hydrogens (tertiary/aromatic N) is 1. The van der Waals surface area contributed by atoms with Gasteiger partial charge in [0.2, 0.25) is 0 Å². The molecule has 0 aliphatic rings. The fourth-order valence-corrected chi connectivity index (χ4v) is 1.54. The molecule has 0 spiro atoms. The Labute approximate surface area is 109 Å². The lowest BCUT2D eigenvalue weighted by Gasteiger charge is -2.22. The third-order valence-corrected chi connectivity index (χ3v) is 2.25. The highest BCUT2D eigenvalue weighted by Crippen LogP contribution is 2.20. The number of halogens is 6. The van der Waals surface area contributed by atoms with Crippen molar-refractivity contribution >= 4 is 5.97 Å². The van der Waals surface area contributed by atoms with Gasteiger partial charge in [-0.1, -0.05) is 0 Å². The average Bonchev–Trinajstić information content (AvgIpc) is 2.22. The Bertz CT molecular complexity index is 502. The van der Waals surface area contributed by atoms with Crippen LogP contribution in [0.25, 0.3) is 0 Å². The van der Waals surface area contributed by atoms with Gasteiger partial charge in [0.15, 0.2) is 11.6 Å². The topological polar surface area (TPSA) is 40.5 Å². The zero-order valence-corrected chi connectivity index (χ0v) is 9.85. The van der Waals surface area contributed by atoms with E-state index in [1.165, 1.54) is 0 Å². The summed E-state index contributed by atoms with van der Waals surface area (Å²) in [6.07, 6.45) is -4.70. The summed E-state index contributed by atoms with van der Waals surface area (Å²) < 4.78 is 75.6. The normalized spacial score (nSPS) is 11.9.